The predicted octanol–water partition coefficient (Wildman–Crippen LogP) is 3.08. The number of hydrogen-bond donors (Lipinski definition) is 2. The number of pyridine rings is 2. The van der Waals surface area contributed by atoms with Crippen molar-refractivity contribution in [1.29, 1.82) is 0 Å². The summed E-state index contributed by atoms with van der Waals surface area (Å²) in [5.74, 6) is -0.263. The number of nitrogen functional groups attached to an aromatic ring is 1. The van der Waals surface area contributed by atoms with Crippen molar-refractivity contribution < 1.29 is 4.79 Å². The smallest absolute Gasteiger partial charge is 0.274 e. The lowest BCUT2D eigenvalue weighted by Gasteiger charge is -2.10. The van der Waals surface area contributed by atoms with Crippen molar-refractivity contribution >= 4 is 28.1 Å². The molecule has 1 amide bonds. The Balaban J connectivity index is 2.05. The van der Waals surface area contributed by atoms with Crippen LogP contribution in [0.2, 0.25) is 0 Å². The number of fused-ring (bicyclic) bond motifs is 1. The summed E-state index contributed by atoms with van der Waals surface area (Å²) in [6, 6.07) is 9.06. The Morgan fingerprint density at radius 3 is 2.77 bits per heavy atom. The van der Waals surface area contributed by atoms with E-state index in [2.05, 4.69) is 15.3 Å². The molecule has 0 fully saturated rings. The Labute approximate surface area is 128 Å². The number of nitrogens with two attached hydrogens (primary N) is 1. The van der Waals surface area contributed by atoms with Crippen LogP contribution in [0, 0.1) is 13.8 Å². The quantitative estimate of drug-likeness (QED) is 0.711. The molecule has 0 aliphatic rings. The van der Waals surface area contributed by atoms with Gasteiger partial charge in [-0.2, -0.15) is 0 Å². The van der Waals surface area contributed by atoms with Crippen molar-refractivity contribution in [2.45, 2.75) is 13.8 Å². The van der Waals surface area contributed by atoms with Crippen LogP contribution in [0.5, 0.6) is 0 Å². The van der Waals surface area contributed by atoms with Crippen LogP contribution in [0.4, 0.5) is 11.4 Å². The van der Waals surface area contributed by atoms with E-state index < -0.39 is 0 Å². The molecule has 22 heavy (non-hydrogen) atoms. The van der Waals surface area contributed by atoms with Gasteiger partial charge in [0.05, 0.1) is 0 Å². The van der Waals surface area contributed by atoms with Gasteiger partial charge in [-0.15, -0.1) is 0 Å². The van der Waals surface area contributed by atoms with E-state index in [-0.39, 0.29) is 5.91 Å². The molecule has 0 atom stereocenters. The molecule has 5 nitrogen and oxygen atoms in total. The van der Waals surface area contributed by atoms with E-state index >= 15 is 0 Å². The Kier molecular flexibility index (Phi) is 3.47. The topological polar surface area (TPSA) is 80.9 Å². The summed E-state index contributed by atoms with van der Waals surface area (Å²) in [5.41, 5.74) is 9.52. The third-order valence-electron chi connectivity index (χ3n) is 3.50. The molecule has 0 aliphatic carbocycles. The molecule has 2 aromatic heterocycles. The average Bonchev–Trinajstić information content (AvgIpc) is 2.47. The minimum Gasteiger partial charge on any atom is -0.398 e. The lowest BCUT2D eigenvalue weighted by molar-refractivity contribution is 0.102. The molecule has 110 valence electrons. The van der Waals surface area contributed by atoms with Crippen LogP contribution < -0.4 is 11.1 Å². The zero-order chi connectivity index (χ0) is 15.7. The number of rotatable bonds is 2. The van der Waals surface area contributed by atoms with Gasteiger partial charge in [0.15, 0.2) is 0 Å². The molecule has 2 heterocycles. The highest BCUT2D eigenvalue weighted by Gasteiger charge is 2.14. The Morgan fingerprint density at radius 2 is 2.00 bits per heavy atom. The van der Waals surface area contributed by atoms with E-state index in [4.69, 9.17) is 5.73 Å². The highest BCUT2D eigenvalue weighted by atomic mass is 16.1. The molecule has 0 aliphatic heterocycles. The standard InChI is InChI=1S/C17H16N4O/c1-10-9-20-16(13-4-3-5-14(18)15(10)13)17(22)21-12-6-7-19-11(2)8-12/h3-9H,18H2,1-2H3,(H,19,21,22). The first-order chi connectivity index (χ1) is 10.6. The number of aryl methyl sites for hydroxylation is 2. The molecule has 0 saturated heterocycles. The first-order valence-corrected chi connectivity index (χ1v) is 6.94. The molecule has 0 saturated carbocycles. The van der Waals surface area contributed by atoms with Gasteiger partial charge in [-0.25, -0.2) is 0 Å². The van der Waals surface area contributed by atoms with Gasteiger partial charge in [0.25, 0.3) is 5.91 Å². The van der Waals surface area contributed by atoms with E-state index in [1.54, 1.807) is 18.5 Å². The lowest BCUT2D eigenvalue weighted by Crippen LogP contribution is -2.15. The molecular weight excluding hydrogens is 276 g/mol. The Morgan fingerprint density at radius 1 is 1.18 bits per heavy atom. The van der Waals surface area contributed by atoms with Crippen LogP contribution in [-0.4, -0.2) is 15.9 Å². The second-order valence-electron chi connectivity index (χ2n) is 5.20. The maximum Gasteiger partial charge on any atom is 0.274 e. The fraction of sp³-hybridized carbons (Fsp3) is 0.118. The molecule has 3 aromatic rings. The zero-order valence-electron chi connectivity index (χ0n) is 12.4. The maximum atomic E-state index is 12.5. The fourth-order valence-corrected chi connectivity index (χ4v) is 2.50. The normalized spacial score (nSPS) is 10.6. The van der Waals surface area contributed by atoms with Gasteiger partial charge < -0.3 is 11.1 Å². The van der Waals surface area contributed by atoms with Crippen LogP contribution in [0.25, 0.3) is 10.8 Å². The molecule has 0 spiro atoms. The first kappa shape index (κ1) is 14.0. The van der Waals surface area contributed by atoms with Gasteiger partial charge in [-0.05, 0) is 37.6 Å². The van der Waals surface area contributed by atoms with Crippen LogP contribution >= 0.6 is 0 Å². The summed E-state index contributed by atoms with van der Waals surface area (Å²) in [7, 11) is 0. The summed E-state index contributed by atoms with van der Waals surface area (Å²) in [6.07, 6.45) is 3.33. The van der Waals surface area contributed by atoms with E-state index in [1.165, 1.54) is 0 Å². The fourth-order valence-electron chi connectivity index (χ4n) is 2.50. The Hall–Kier alpha value is -2.95. The number of hydrogen-bond acceptors (Lipinski definition) is 4. The second-order valence-corrected chi connectivity index (χ2v) is 5.20. The molecule has 0 bridgehead atoms. The lowest BCUT2D eigenvalue weighted by atomic mass is 10.0. The summed E-state index contributed by atoms with van der Waals surface area (Å²) in [6.45, 7) is 3.80. The van der Waals surface area contributed by atoms with Crippen molar-refractivity contribution in [3.05, 3.63) is 59.7 Å². The van der Waals surface area contributed by atoms with Crippen LogP contribution in [0.1, 0.15) is 21.7 Å². The van der Waals surface area contributed by atoms with E-state index in [0.717, 1.165) is 22.0 Å². The third-order valence-corrected chi connectivity index (χ3v) is 3.50. The van der Waals surface area contributed by atoms with Gasteiger partial charge in [0.1, 0.15) is 5.69 Å². The summed E-state index contributed by atoms with van der Waals surface area (Å²) in [5, 5.41) is 4.47. The number of nitrogens with one attached hydrogen (secondary N) is 1. The number of anilines is 2. The highest BCUT2D eigenvalue weighted by molar-refractivity contribution is 6.13. The highest BCUT2D eigenvalue weighted by Crippen LogP contribution is 2.26. The number of nitrogens with zero attached hydrogens (tertiary/aromatic N) is 2. The number of carbonyl (C=O) groups is 1. The summed E-state index contributed by atoms with van der Waals surface area (Å²) >= 11 is 0. The number of carbonyl (C=O) groups excluding carboxylic acids is 1. The minimum absolute atomic E-state index is 0.263. The van der Waals surface area contributed by atoms with Crippen LogP contribution in [0.3, 0.4) is 0 Å². The first-order valence-electron chi connectivity index (χ1n) is 6.94. The summed E-state index contributed by atoms with van der Waals surface area (Å²) in [4.78, 5) is 20.9. The van der Waals surface area contributed by atoms with E-state index in [9.17, 15) is 4.79 Å². The summed E-state index contributed by atoms with van der Waals surface area (Å²) < 4.78 is 0. The van der Waals surface area contributed by atoms with Crippen molar-refractivity contribution in [2.24, 2.45) is 0 Å². The molecule has 3 N–H and O–H groups in total. The SMILES string of the molecule is Cc1cc(NC(=O)c2ncc(C)c3c(N)cccc23)ccn1. The zero-order valence-corrected chi connectivity index (χ0v) is 12.4. The average molecular weight is 292 g/mol. The van der Waals surface area contributed by atoms with Crippen molar-refractivity contribution in [3.8, 4) is 0 Å². The molecular formula is C17H16N4O. The molecule has 0 radical (unpaired) electrons. The second kappa shape index (κ2) is 5.44. The number of amides is 1. The number of benzene rings is 1. The van der Waals surface area contributed by atoms with Crippen molar-refractivity contribution in [2.75, 3.05) is 11.1 Å². The monoisotopic (exact) mass is 292 g/mol. The van der Waals surface area contributed by atoms with E-state index in [1.807, 2.05) is 38.1 Å². The van der Waals surface area contributed by atoms with Gasteiger partial charge >= 0.3 is 0 Å². The molecule has 5 heteroatoms. The number of aromatic nitrogens is 2. The van der Waals surface area contributed by atoms with Crippen LogP contribution in [0.15, 0.2) is 42.7 Å². The van der Waals surface area contributed by atoms with Gasteiger partial charge in [0, 0.05) is 40.2 Å². The largest absolute Gasteiger partial charge is 0.398 e. The Bertz CT molecular complexity index is 865. The molecule has 3 rings (SSSR count). The molecule has 1 aromatic carbocycles. The molecule has 0 unspecified atom stereocenters. The predicted molar refractivity (Wildman–Crippen MR) is 87.8 cm³/mol. The van der Waals surface area contributed by atoms with Gasteiger partial charge in [0.2, 0.25) is 0 Å². The van der Waals surface area contributed by atoms with Gasteiger partial charge in [-0.1, -0.05) is 12.1 Å². The van der Waals surface area contributed by atoms with Crippen molar-refractivity contribution in [3.63, 3.8) is 0 Å². The van der Waals surface area contributed by atoms with E-state index in [0.29, 0.717) is 17.1 Å². The van der Waals surface area contributed by atoms with Gasteiger partial charge in [-0.3, -0.25) is 14.8 Å². The third kappa shape index (κ3) is 2.48. The maximum absolute atomic E-state index is 12.5. The minimum atomic E-state index is -0.263. The van der Waals surface area contributed by atoms with Crippen molar-refractivity contribution in [1.82, 2.24) is 9.97 Å². The van der Waals surface area contributed by atoms with Crippen LogP contribution in [-0.2, 0) is 0 Å².